The first kappa shape index (κ1) is 21.4. The van der Waals surface area contributed by atoms with Gasteiger partial charge in [0.1, 0.15) is 5.82 Å². The maximum Gasteiger partial charge on any atom is 0.168 e. The summed E-state index contributed by atoms with van der Waals surface area (Å²) < 4.78 is 15.2. The smallest absolute Gasteiger partial charge is 0.168 e. The zero-order valence-corrected chi connectivity index (χ0v) is 18.4. The van der Waals surface area contributed by atoms with Gasteiger partial charge in [-0.1, -0.05) is 45.2 Å². The van der Waals surface area contributed by atoms with E-state index in [1.807, 2.05) is 4.68 Å². The minimum atomic E-state index is -0.218. The van der Waals surface area contributed by atoms with Crippen molar-refractivity contribution < 1.29 is 4.39 Å². The lowest BCUT2D eigenvalue weighted by Gasteiger charge is -2.43. The summed E-state index contributed by atoms with van der Waals surface area (Å²) >= 11 is 0. The summed E-state index contributed by atoms with van der Waals surface area (Å²) in [4.78, 5) is 5.29. The first-order valence-corrected chi connectivity index (χ1v) is 11.6. The standard InChI is InChI=1S/C23H35FN6/c1-18(2)16-22(29-14-12-28(13-15-29)21-6-4-3-5-7-21)23-25-26-27-30(23)17-19-8-10-20(24)11-9-19/h8-11,18,21-22H,3-7,12-17H2,1-2H3. The molecule has 1 unspecified atom stereocenters. The van der Waals surface area contributed by atoms with Crippen molar-refractivity contribution in [3.8, 4) is 0 Å². The predicted octanol–water partition coefficient (Wildman–Crippen LogP) is 3.90. The average Bonchev–Trinajstić information content (AvgIpc) is 3.22. The molecule has 1 aromatic carbocycles. The van der Waals surface area contributed by atoms with Crippen molar-refractivity contribution in [2.75, 3.05) is 26.2 Å². The number of nitrogens with zero attached hydrogens (tertiary/aromatic N) is 6. The topological polar surface area (TPSA) is 50.1 Å². The van der Waals surface area contributed by atoms with Crippen LogP contribution in [0.4, 0.5) is 4.39 Å². The molecule has 0 amide bonds. The minimum absolute atomic E-state index is 0.217. The van der Waals surface area contributed by atoms with E-state index in [4.69, 9.17) is 0 Å². The van der Waals surface area contributed by atoms with E-state index in [1.165, 1.54) is 44.2 Å². The number of hydrogen-bond acceptors (Lipinski definition) is 5. The fourth-order valence-corrected chi connectivity index (χ4v) is 5.05. The van der Waals surface area contributed by atoms with Crippen LogP contribution in [0, 0.1) is 11.7 Å². The van der Waals surface area contributed by atoms with E-state index >= 15 is 0 Å². The molecule has 4 rings (SSSR count). The van der Waals surface area contributed by atoms with E-state index in [1.54, 1.807) is 12.1 Å². The SMILES string of the molecule is CC(C)CC(c1nnnn1Cc1ccc(F)cc1)N1CCN(C2CCCCC2)CC1. The average molecular weight is 415 g/mol. The van der Waals surface area contributed by atoms with Gasteiger partial charge in [-0.25, -0.2) is 9.07 Å². The molecule has 2 heterocycles. The molecule has 1 aliphatic carbocycles. The normalized spacial score (nSPS) is 20.7. The van der Waals surface area contributed by atoms with Gasteiger partial charge in [0.05, 0.1) is 12.6 Å². The Balaban J connectivity index is 1.46. The molecule has 1 aromatic heterocycles. The second-order valence-corrected chi connectivity index (χ2v) is 9.33. The zero-order chi connectivity index (χ0) is 20.9. The highest BCUT2D eigenvalue weighted by Crippen LogP contribution is 2.29. The van der Waals surface area contributed by atoms with Gasteiger partial charge < -0.3 is 0 Å². The van der Waals surface area contributed by atoms with Crippen LogP contribution in [0.25, 0.3) is 0 Å². The van der Waals surface area contributed by atoms with Gasteiger partial charge in [0.15, 0.2) is 5.82 Å². The van der Waals surface area contributed by atoms with Crippen LogP contribution in [0.3, 0.4) is 0 Å². The Kier molecular flexibility index (Phi) is 7.10. The van der Waals surface area contributed by atoms with Crippen LogP contribution in [-0.4, -0.2) is 62.2 Å². The molecule has 2 aliphatic rings. The van der Waals surface area contributed by atoms with Crippen molar-refractivity contribution in [3.05, 3.63) is 41.5 Å². The van der Waals surface area contributed by atoms with Gasteiger partial charge in [-0.05, 0) is 53.3 Å². The Labute approximate surface area is 179 Å². The third-order valence-electron chi connectivity index (χ3n) is 6.68. The molecule has 164 valence electrons. The monoisotopic (exact) mass is 414 g/mol. The second-order valence-electron chi connectivity index (χ2n) is 9.33. The van der Waals surface area contributed by atoms with Crippen LogP contribution < -0.4 is 0 Å². The molecule has 1 atom stereocenters. The Hall–Kier alpha value is -1.86. The summed E-state index contributed by atoms with van der Waals surface area (Å²) in [5.74, 6) is 1.27. The second kappa shape index (κ2) is 9.96. The minimum Gasteiger partial charge on any atom is -0.298 e. The Morgan fingerprint density at radius 2 is 1.70 bits per heavy atom. The Bertz CT molecular complexity index is 775. The third-order valence-corrected chi connectivity index (χ3v) is 6.68. The van der Waals surface area contributed by atoms with Crippen molar-refractivity contribution in [2.24, 2.45) is 5.92 Å². The highest BCUT2D eigenvalue weighted by Gasteiger charge is 2.32. The summed E-state index contributed by atoms with van der Waals surface area (Å²) in [5, 5.41) is 12.7. The predicted molar refractivity (Wildman–Crippen MR) is 116 cm³/mol. The van der Waals surface area contributed by atoms with E-state index in [2.05, 4.69) is 39.2 Å². The number of aromatic nitrogens is 4. The number of rotatable bonds is 7. The fourth-order valence-electron chi connectivity index (χ4n) is 5.05. The third kappa shape index (κ3) is 5.24. The van der Waals surface area contributed by atoms with Crippen LogP contribution in [0.15, 0.2) is 24.3 Å². The molecule has 0 bridgehead atoms. The van der Waals surface area contributed by atoms with Crippen molar-refractivity contribution in [2.45, 2.75) is 71.0 Å². The number of halogens is 1. The number of hydrogen-bond donors (Lipinski definition) is 0. The maximum atomic E-state index is 13.3. The quantitative estimate of drug-likeness (QED) is 0.688. The lowest BCUT2D eigenvalue weighted by atomic mass is 9.93. The molecule has 0 spiro atoms. The Morgan fingerprint density at radius 1 is 1.00 bits per heavy atom. The molecule has 6 nitrogen and oxygen atoms in total. The van der Waals surface area contributed by atoms with Crippen molar-refractivity contribution in [3.63, 3.8) is 0 Å². The molecule has 0 N–H and O–H groups in total. The highest BCUT2D eigenvalue weighted by atomic mass is 19.1. The summed E-state index contributed by atoms with van der Waals surface area (Å²) in [5.41, 5.74) is 1.01. The van der Waals surface area contributed by atoms with Crippen LogP contribution in [0.5, 0.6) is 0 Å². The fraction of sp³-hybridized carbons (Fsp3) is 0.696. The van der Waals surface area contributed by atoms with E-state index in [9.17, 15) is 4.39 Å². The molecule has 2 fully saturated rings. The zero-order valence-electron chi connectivity index (χ0n) is 18.4. The summed E-state index contributed by atoms with van der Waals surface area (Å²) in [7, 11) is 0. The van der Waals surface area contributed by atoms with Gasteiger partial charge in [-0.2, -0.15) is 0 Å². The summed E-state index contributed by atoms with van der Waals surface area (Å²) in [6.45, 7) is 9.50. The van der Waals surface area contributed by atoms with Crippen LogP contribution >= 0.6 is 0 Å². The van der Waals surface area contributed by atoms with E-state index < -0.39 is 0 Å². The van der Waals surface area contributed by atoms with E-state index in [0.717, 1.165) is 50.0 Å². The summed E-state index contributed by atoms with van der Waals surface area (Å²) in [6, 6.07) is 7.61. The molecule has 2 aromatic rings. The lowest BCUT2D eigenvalue weighted by Crippen LogP contribution is -2.52. The lowest BCUT2D eigenvalue weighted by molar-refractivity contribution is 0.0469. The van der Waals surface area contributed by atoms with Gasteiger partial charge in [-0.15, -0.1) is 5.10 Å². The molecule has 1 aliphatic heterocycles. The number of tetrazole rings is 1. The van der Waals surface area contributed by atoms with Gasteiger partial charge in [0.25, 0.3) is 0 Å². The maximum absolute atomic E-state index is 13.3. The molecular formula is C23H35FN6. The van der Waals surface area contributed by atoms with Gasteiger partial charge in [0.2, 0.25) is 0 Å². The molecular weight excluding hydrogens is 379 g/mol. The van der Waals surface area contributed by atoms with Crippen molar-refractivity contribution in [1.29, 1.82) is 0 Å². The van der Waals surface area contributed by atoms with Crippen LogP contribution in [0.1, 0.15) is 69.8 Å². The number of piperazine rings is 1. The van der Waals surface area contributed by atoms with E-state index in [0.29, 0.717) is 12.5 Å². The molecule has 1 saturated carbocycles. The molecule has 7 heteroatoms. The van der Waals surface area contributed by atoms with Gasteiger partial charge in [-0.3, -0.25) is 9.80 Å². The molecule has 30 heavy (non-hydrogen) atoms. The summed E-state index contributed by atoms with van der Waals surface area (Å²) in [6.07, 6.45) is 7.95. The largest absolute Gasteiger partial charge is 0.298 e. The van der Waals surface area contributed by atoms with Crippen molar-refractivity contribution >= 4 is 0 Å². The Morgan fingerprint density at radius 3 is 2.37 bits per heavy atom. The van der Waals surface area contributed by atoms with Crippen LogP contribution in [-0.2, 0) is 6.54 Å². The van der Waals surface area contributed by atoms with Crippen LogP contribution in [0.2, 0.25) is 0 Å². The van der Waals surface area contributed by atoms with Gasteiger partial charge >= 0.3 is 0 Å². The highest BCUT2D eigenvalue weighted by molar-refractivity contribution is 5.16. The number of benzene rings is 1. The molecule has 1 saturated heterocycles. The first-order chi connectivity index (χ1) is 14.6. The van der Waals surface area contributed by atoms with E-state index in [-0.39, 0.29) is 11.9 Å². The van der Waals surface area contributed by atoms with Gasteiger partial charge in [0, 0.05) is 32.2 Å². The first-order valence-electron chi connectivity index (χ1n) is 11.6. The van der Waals surface area contributed by atoms with Crippen molar-refractivity contribution in [1.82, 2.24) is 30.0 Å². The molecule has 0 radical (unpaired) electrons.